The van der Waals surface area contributed by atoms with Gasteiger partial charge in [0.05, 0.1) is 22.2 Å². The Morgan fingerprint density at radius 2 is 1.79 bits per heavy atom. The van der Waals surface area contributed by atoms with Crippen molar-refractivity contribution in [3.05, 3.63) is 48.0 Å². The number of amides is 1. The highest BCUT2D eigenvalue weighted by molar-refractivity contribution is 7.89. The number of piperazine rings is 1. The zero-order valence-corrected chi connectivity index (χ0v) is 20.2. The minimum absolute atomic E-state index is 0.0804. The highest BCUT2D eigenvalue weighted by atomic mass is 32.2. The molecule has 0 spiro atoms. The average molecular weight is 487 g/mol. The second kappa shape index (κ2) is 8.58. The van der Waals surface area contributed by atoms with Crippen LogP contribution in [0, 0.1) is 0 Å². The van der Waals surface area contributed by atoms with E-state index in [0.717, 1.165) is 33.9 Å². The molecule has 0 atom stereocenters. The number of carbonyl (C=O) groups is 1. The lowest BCUT2D eigenvalue weighted by molar-refractivity contribution is 0.0746. The number of thiazole rings is 1. The number of nitrogens with zero attached hydrogens (tertiary/aromatic N) is 4. The van der Waals surface area contributed by atoms with Crippen molar-refractivity contribution in [1.82, 2.24) is 14.2 Å². The largest absolute Gasteiger partial charge is 0.497 e. The summed E-state index contributed by atoms with van der Waals surface area (Å²) in [6.07, 6.45) is 1.81. The molecule has 2 aliphatic rings. The second-order valence-corrected chi connectivity index (χ2v) is 11.4. The van der Waals surface area contributed by atoms with Gasteiger partial charge in [-0.3, -0.25) is 4.79 Å². The Kier molecular flexibility index (Phi) is 5.75. The molecule has 1 amide bonds. The van der Waals surface area contributed by atoms with Gasteiger partial charge in [-0.1, -0.05) is 11.3 Å². The summed E-state index contributed by atoms with van der Waals surface area (Å²) in [4.78, 5) is 22.0. The van der Waals surface area contributed by atoms with Gasteiger partial charge in [0.1, 0.15) is 5.75 Å². The van der Waals surface area contributed by atoms with E-state index in [0.29, 0.717) is 31.7 Å². The van der Waals surface area contributed by atoms with Crippen molar-refractivity contribution in [2.75, 3.05) is 45.2 Å². The SMILES string of the molecule is COc1ccc2nc(N3CCN(C(=O)c4ccc(S(=O)(=O)N(C)C5CC5)cc4)CC3)sc2c1. The van der Waals surface area contributed by atoms with E-state index in [1.54, 1.807) is 37.6 Å². The maximum atomic E-state index is 13.0. The average Bonchev–Trinajstić information content (AvgIpc) is 3.61. The summed E-state index contributed by atoms with van der Waals surface area (Å²) in [6.45, 7) is 2.56. The molecule has 1 aromatic heterocycles. The number of methoxy groups -OCH3 is 1. The molecule has 1 saturated heterocycles. The van der Waals surface area contributed by atoms with E-state index >= 15 is 0 Å². The number of ether oxygens (including phenoxy) is 1. The smallest absolute Gasteiger partial charge is 0.253 e. The molecule has 3 aromatic rings. The third-order valence-corrected chi connectivity index (χ3v) is 9.26. The van der Waals surface area contributed by atoms with Crippen LogP contribution in [0.25, 0.3) is 10.2 Å². The Hall–Kier alpha value is -2.69. The third kappa shape index (κ3) is 4.30. The summed E-state index contributed by atoms with van der Waals surface area (Å²) in [5.74, 6) is 0.731. The van der Waals surface area contributed by atoms with Gasteiger partial charge in [0.2, 0.25) is 10.0 Å². The van der Waals surface area contributed by atoms with Gasteiger partial charge in [-0.15, -0.1) is 0 Å². The number of anilines is 1. The predicted octanol–water partition coefficient (Wildman–Crippen LogP) is 3.05. The molecule has 1 aliphatic carbocycles. The van der Waals surface area contributed by atoms with E-state index in [-0.39, 0.29) is 16.8 Å². The van der Waals surface area contributed by atoms with Gasteiger partial charge in [-0.2, -0.15) is 4.31 Å². The molecule has 2 heterocycles. The molecule has 0 bridgehead atoms. The summed E-state index contributed by atoms with van der Waals surface area (Å²) in [6, 6.07) is 12.3. The molecule has 1 aliphatic heterocycles. The molecule has 174 valence electrons. The number of sulfonamides is 1. The van der Waals surface area contributed by atoms with Crippen LogP contribution in [0.15, 0.2) is 47.4 Å². The molecule has 0 radical (unpaired) electrons. The third-order valence-electron chi connectivity index (χ3n) is 6.26. The van der Waals surface area contributed by atoms with Gasteiger partial charge in [-0.05, 0) is 55.3 Å². The highest BCUT2D eigenvalue weighted by Crippen LogP contribution is 2.32. The van der Waals surface area contributed by atoms with Crippen molar-refractivity contribution in [3.63, 3.8) is 0 Å². The van der Waals surface area contributed by atoms with Crippen molar-refractivity contribution >= 4 is 42.6 Å². The van der Waals surface area contributed by atoms with Crippen molar-refractivity contribution in [3.8, 4) is 5.75 Å². The van der Waals surface area contributed by atoms with Crippen LogP contribution < -0.4 is 9.64 Å². The fourth-order valence-corrected chi connectivity index (χ4v) is 6.47. The van der Waals surface area contributed by atoms with Gasteiger partial charge >= 0.3 is 0 Å². The van der Waals surface area contributed by atoms with Gasteiger partial charge in [0.25, 0.3) is 5.91 Å². The number of rotatable bonds is 6. The van der Waals surface area contributed by atoms with Crippen LogP contribution in [0.2, 0.25) is 0 Å². The first-order valence-electron chi connectivity index (χ1n) is 10.9. The Morgan fingerprint density at radius 1 is 1.09 bits per heavy atom. The van der Waals surface area contributed by atoms with E-state index < -0.39 is 10.0 Å². The molecule has 8 nitrogen and oxygen atoms in total. The topological polar surface area (TPSA) is 83.0 Å². The van der Waals surface area contributed by atoms with Crippen LogP contribution >= 0.6 is 11.3 Å². The van der Waals surface area contributed by atoms with Crippen LogP contribution in [-0.4, -0.2) is 74.9 Å². The molecule has 10 heteroatoms. The fourth-order valence-electron chi connectivity index (χ4n) is 4.01. The molecule has 33 heavy (non-hydrogen) atoms. The van der Waals surface area contributed by atoms with Crippen molar-refractivity contribution < 1.29 is 17.9 Å². The maximum Gasteiger partial charge on any atom is 0.253 e. The van der Waals surface area contributed by atoms with Crippen LogP contribution in [0.5, 0.6) is 5.75 Å². The van der Waals surface area contributed by atoms with Gasteiger partial charge in [0.15, 0.2) is 5.13 Å². The zero-order chi connectivity index (χ0) is 23.2. The Morgan fingerprint density at radius 3 is 2.42 bits per heavy atom. The van der Waals surface area contributed by atoms with Crippen LogP contribution in [0.3, 0.4) is 0 Å². The summed E-state index contributed by atoms with van der Waals surface area (Å²) in [7, 11) is -0.239. The summed E-state index contributed by atoms with van der Waals surface area (Å²) < 4.78 is 33.2. The first-order valence-corrected chi connectivity index (χ1v) is 13.2. The Balaban J connectivity index is 1.23. The molecule has 0 unspecified atom stereocenters. The normalized spacial score (nSPS) is 17.1. The van der Waals surface area contributed by atoms with Crippen molar-refractivity contribution in [2.24, 2.45) is 0 Å². The van der Waals surface area contributed by atoms with Gasteiger partial charge in [-0.25, -0.2) is 13.4 Å². The number of benzene rings is 2. The fraction of sp³-hybridized carbons (Fsp3) is 0.391. The summed E-state index contributed by atoms with van der Waals surface area (Å²) in [5.41, 5.74) is 1.44. The molecule has 1 saturated carbocycles. The Bertz CT molecular complexity index is 1280. The van der Waals surface area contributed by atoms with E-state index in [1.165, 1.54) is 16.4 Å². The monoisotopic (exact) mass is 486 g/mol. The zero-order valence-electron chi connectivity index (χ0n) is 18.6. The van der Waals surface area contributed by atoms with Crippen LogP contribution in [-0.2, 0) is 10.0 Å². The van der Waals surface area contributed by atoms with E-state index in [1.807, 2.05) is 23.1 Å². The number of fused-ring (bicyclic) bond motifs is 1. The maximum absolute atomic E-state index is 13.0. The molecule has 2 fully saturated rings. The number of hydrogen-bond donors (Lipinski definition) is 0. The van der Waals surface area contributed by atoms with E-state index in [9.17, 15) is 13.2 Å². The van der Waals surface area contributed by atoms with E-state index in [4.69, 9.17) is 9.72 Å². The highest BCUT2D eigenvalue weighted by Gasteiger charge is 2.35. The van der Waals surface area contributed by atoms with Crippen molar-refractivity contribution in [2.45, 2.75) is 23.8 Å². The predicted molar refractivity (Wildman–Crippen MR) is 129 cm³/mol. The lowest BCUT2D eigenvalue weighted by Crippen LogP contribution is -2.48. The standard InChI is InChI=1S/C23H26N4O4S2/c1-25(17-5-6-17)33(29,30)19-8-3-16(4-9-19)22(28)26-11-13-27(14-12-26)23-24-20-10-7-18(31-2)15-21(20)32-23/h3-4,7-10,15,17H,5-6,11-14H2,1-2H3. The lowest BCUT2D eigenvalue weighted by Gasteiger charge is -2.34. The summed E-state index contributed by atoms with van der Waals surface area (Å²) in [5, 5.41) is 0.944. The van der Waals surface area contributed by atoms with Crippen molar-refractivity contribution in [1.29, 1.82) is 0 Å². The minimum Gasteiger partial charge on any atom is -0.497 e. The van der Waals surface area contributed by atoms with Gasteiger partial charge < -0.3 is 14.5 Å². The molecule has 0 N–H and O–H groups in total. The van der Waals surface area contributed by atoms with Crippen LogP contribution in [0.1, 0.15) is 23.2 Å². The molecule has 2 aromatic carbocycles. The Labute approximate surface area is 197 Å². The number of hydrogen-bond acceptors (Lipinski definition) is 7. The first kappa shape index (κ1) is 22.1. The van der Waals surface area contributed by atoms with Crippen LogP contribution in [0.4, 0.5) is 5.13 Å². The number of aromatic nitrogens is 1. The molecular formula is C23H26N4O4S2. The van der Waals surface area contributed by atoms with Gasteiger partial charge in [0, 0.05) is 44.8 Å². The minimum atomic E-state index is -3.51. The quantitative estimate of drug-likeness (QED) is 0.533. The summed E-state index contributed by atoms with van der Waals surface area (Å²) >= 11 is 1.62. The first-order chi connectivity index (χ1) is 15.9. The molecular weight excluding hydrogens is 460 g/mol. The van der Waals surface area contributed by atoms with E-state index in [2.05, 4.69) is 4.90 Å². The lowest BCUT2D eigenvalue weighted by atomic mass is 10.2. The molecule has 5 rings (SSSR count). The number of carbonyl (C=O) groups excluding carboxylic acids is 1. The second-order valence-electron chi connectivity index (χ2n) is 8.39.